The molecule has 0 saturated carbocycles. The average Bonchev–Trinajstić information content (AvgIpc) is 2.55. The fourth-order valence-corrected chi connectivity index (χ4v) is 2.95. The Morgan fingerprint density at radius 1 is 1.31 bits per heavy atom. The summed E-state index contributed by atoms with van der Waals surface area (Å²) < 4.78 is 43.0. The molecular formula is C14H14Cl2F3N3O3S. The monoisotopic (exact) mass is 431 g/mol. The van der Waals surface area contributed by atoms with E-state index in [1.165, 1.54) is 11.8 Å². The van der Waals surface area contributed by atoms with Gasteiger partial charge >= 0.3 is 12.1 Å². The molecule has 0 radical (unpaired) electrons. The molecule has 0 aliphatic heterocycles. The number of nitroso groups, excluding NO2 is 1. The van der Waals surface area contributed by atoms with Gasteiger partial charge in [-0.2, -0.15) is 40.1 Å². The van der Waals surface area contributed by atoms with E-state index in [2.05, 4.69) is 15.4 Å². The Kier molecular flexibility index (Phi) is 8.78. The van der Waals surface area contributed by atoms with Crippen molar-refractivity contribution in [2.45, 2.75) is 25.2 Å². The summed E-state index contributed by atoms with van der Waals surface area (Å²) in [4.78, 5) is 23.0. The van der Waals surface area contributed by atoms with Gasteiger partial charge in [-0.25, -0.2) is 4.79 Å². The number of thioether (sulfide) groups is 1. The molecule has 0 aromatic heterocycles. The Hall–Kier alpha value is -1.39. The van der Waals surface area contributed by atoms with Gasteiger partial charge in [0.05, 0.1) is 22.2 Å². The van der Waals surface area contributed by atoms with Crippen molar-refractivity contribution in [1.29, 1.82) is 0 Å². The number of nitrogens with zero attached hydrogens (tertiary/aromatic N) is 3. The molecule has 0 heterocycles. The standard InChI is InChI=1S/C14H14Cl2F3N3O3S/c1-3-25-13(23)12(10(22-24)6-26-2)21-20-11-8(15)4-7(5-9(11)16)14(17,18)19/h4-5,10,12H,3,6H2,1-2H3. The minimum absolute atomic E-state index is 0.0392. The number of ether oxygens (including phenoxy) is 1. The maximum atomic E-state index is 12.7. The molecule has 0 spiro atoms. The third kappa shape index (κ3) is 6.10. The zero-order valence-electron chi connectivity index (χ0n) is 13.6. The summed E-state index contributed by atoms with van der Waals surface area (Å²) in [5.41, 5.74) is -1.31. The van der Waals surface area contributed by atoms with E-state index in [9.17, 15) is 22.9 Å². The maximum absolute atomic E-state index is 12.7. The van der Waals surface area contributed by atoms with Crippen LogP contribution in [0, 0.1) is 4.91 Å². The molecule has 0 N–H and O–H groups in total. The van der Waals surface area contributed by atoms with Gasteiger partial charge in [-0.05, 0) is 25.3 Å². The highest BCUT2D eigenvalue weighted by atomic mass is 35.5. The van der Waals surface area contributed by atoms with Gasteiger partial charge in [0.2, 0.25) is 0 Å². The van der Waals surface area contributed by atoms with Crippen LogP contribution in [0.5, 0.6) is 0 Å². The molecule has 1 aromatic carbocycles. The Balaban J connectivity index is 3.24. The predicted octanol–water partition coefficient (Wildman–Crippen LogP) is 5.53. The summed E-state index contributed by atoms with van der Waals surface area (Å²) in [6, 6.07) is -1.16. The van der Waals surface area contributed by atoms with Gasteiger partial charge in [-0.1, -0.05) is 28.4 Å². The fourth-order valence-electron chi connectivity index (χ4n) is 1.80. The Bertz CT molecular complexity index is 666. The number of benzene rings is 1. The topological polar surface area (TPSA) is 80.4 Å². The van der Waals surface area contributed by atoms with Gasteiger partial charge < -0.3 is 4.74 Å². The average molecular weight is 432 g/mol. The number of azo groups is 1. The first-order valence-electron chi connectivity index (χ1n) is 7.10. The second kappa shape index (κ2) is 10.1. The molecule has 6 nitrogen and oxygen atoms in total. The molecule has 1 rings (SSSR count). The molecule has 0 aliphatic rings. The van der Waals surface area contributed by atoms with Crippen molar-refractivity contribution in [2.24, 2.45) is 15.4 Å². The largest absolute Gasteiger partial charge is 0.464 e. The molecule has 0 amide bonds. The summed E-state index contributed by atoms with van der Waals surface area (Å²) in [7, 11) is 0. The lowest BCUT2D eigenvalue weighted by Crippen LogP contribution is -2.34. The predicted molar refractivity (Wildman–Crippen MR) is 94.4 cm³/mol. The van der Waals surface area contributed by atoms with Crippen LogP contribution < -0.4 is 0 Å². The van der Waals surface area contributed by atoms with Gasteiger partial charge in [0.1, 0.15) is 11.7 Å². The van der Waals surface area contributed by atoms with Crippen LogP contribution in [-0.4, -0.2) is 36.7 Å². The number of hydrogen-bond donors (Lipinski definition) is 0. The first kappa shape index (κ1) is 22.7. The molecule has 0 aliphatic carbocycles. The van der Waals surface area contributed by atoms with Crippen LogP contribution in [-0.2, 0) is 15.7 Å². The fraction of sp³-hybridized carbons (Fsp3) is 0.500. The zero-order chi connectivity index (χ0) is 19.9. The quantitative estimate of drug-likeness (QED) is 0.308. The van der Waals surface area contributed by atoms with Crippen LogP contribution in [0.1, 0.15) is 12.5 Å². The van der Waals surface area contributed by atoms with Gasteiger partial charge in [-0.3, -0.25) is 0 Å². The normalized spacial score (nSPS) is 14.3. The van der Waals surface area contributed by atoms with E-state index in [1.54, 1.807) is 13.2 Å². The van der Waals surface area contributed by atoms with Gasteiger partial charge in [-0.15, -0.1) is 0 Å². The van der Waals surface area contributed by atoms with Crippen LogP contribution in [0.3, 0.4) is 0 Å². The number of carbonyl (C=O) groups excluding carboxylic acids is 1. The highest BCUT2D eigenvalue weighted by molar-refractivity contribution is 7.98. The highest BCUT2D eigenvalue weighted by Crippen LogP contribution is 2.40. The second-order valence-electron chi connectivity index (χ2n) is 4.83. The SMILES string of the molecule is CCOC(=O)C(N=Nc1c(Cl)cc(C(F)(F)F)cc1Cl)C(CSC)N=O. The highest BCUT2D eigenvalue weighted by Gasteiger charge is 2.33. The molecule has 26 heavy (non-hydrogen) atoms. The number of alkyl halides is 3. The van der Waals surface area contributed by atoms with E-state index in [1.807, 2.05) is 0 Å². The van der Waals surface area contributed by atoms with Gasteiger partial charge in [0.25, 0.3) is 0 Å². The molecule has 12 heteroatoms. The number of esters is 1. The van der Waals surface area contributed by atoms with Crippen molar-refractivity contribution in [2.75, 3.05) is 18.6 Å². The third-order valence-electron chi connectivity index (χ3n) is 2.99. The molecule has 2 unspecified atom stereocenters. The number of halogens is 5. The first-order chi connectivity index (χ1) is 12.1. The first-order valence-corrected chi connectivity index (χ1v) is 9.25. The van der Waals surface area contributed by atoms with Crippen LogP contribution in [0.2, 0.25) is 10.0 Å². The number of hydrogen-bond acceptors (Lipinski definition) is 7. The van der Waals surface area contributed by atoms with Crippen LogP contribution in [0.15, 0.2) is 27.5 Å². The molecule has 0 saturated heterocycles. The van der Waals surface area contributed by atoms with Crippen molar-refractivity contribution in [1.82, 2.24) is 0 Å². The van der Waals surface area contributed by atoms with E-state index in [0.29, 0.717) is 12.1 Å². The van der Waals surface area contributed by atoms with Crippen molar-refractivity contribution >= 4 is 46.6 Å². The van der Waals surface area contributed by atoms with Crippen LogP contribution in [0.25, 0.3) is 0 Å². The minimum atomic E-state index is -4.64. The Labute approximate surface area is 161 Å². The lowest BCUT2D eigenvalue weighted by molar-refractivity contribution is -0.145. The summed E-state index contributed by atoms with van der Waals surface area (Å²) in [5, 5.41) is 9.41. The smallest absolute Gasteiger partial charge is 0.416 e. The molecule has 2 atom stereocenters. The Morgan fingerprint density at radius 3 is 2.31 bits per heavy atom. The number of carbonyl (C=O) groups is 1. The molecule has 0 bridgehead atoms. The Morgan fingerprint density at radius 2 is 1.88 bits per heavy atom. The second-order valence-corrected chi connectivity index (χ2v) is 6.55. The van der Waals surface area contributed by atoms with Crippen LogP contribution >= 0.6 is 35.0 Å². The van der Waals surface area contributed by atoms with Gasteiger partial charge in [0, 0.05) is 5.75 Å². The van der Waals surface area contributed by atoms with Crippen molar-refractivity contribution in [3.63, 3.8) is 0 Å². The third-order valence-corrected chi connectivity index (χ3v) is 4.24. The van der Waals surface area contributed by atoms with Crippen molar-refractivity contribution in [3.05, 3.63) is 32.6 Å². The molecular weight excluding hydrogens is 418 g/mol. The zero-order valence-corrected chi connectivity index (χ0v) is 15.9. The van der Waals surface area contributed by atoms with E-state index < -0.39 is 39.8 Å². The van der Waals surface area contributed by atoms with Crippen molar-refractivity contribution in [3.8, 4) is 0 Å². The summed E-state index contributed by atoms with van der Waals surface area (Å²) in [6.07, 6.45) is -2.94. The van der Waals surface area contributed by atoms with E-state index >= 15 is 0 Å². The van der Waals surface area contributed by atoms with E-state index in [0.717, 1.165) is 0 Å². The van der Waals surface area contributed by atoms with E-state index in [-0.39, 0.29) is 18.0 Å². The summed E-state index contributed by atoms with van der Waals surface area (Å²) in [6.45, 7) is 1.60. The lowest BCUT2D eigenvalue weighted by atomic mass is 10.1. The summed E-state index contributed by atoms with van der Waals surface area (Å²) in [5.74, 6) is -0.672. The van der Waals surface area contributed by atoms with Crippen LogP contribution in [0.4, 0.5) is 18.9 Å². The maximum Gasteiger partial charge on any atom is 0.416 e. The van der Waals surface area contributed by atoms with Crippen molar-refractivity contribution < 1.29 is 22.7 Å². The minimum Gasteiger partial charge on any atom is -0.464 e. The molecule has 1 aromatic rings. The van der Waals surface area contributed by atoms with Gasteiger partial charge in [0.15, 0.2) is 6.04 Å². The lowest BCUT2D eigenvalue weighted by Gasteiger charge is -2.15. The summed E-state index contributed by atoms with van der Waals surface area (Å²) >= 11 is 12.8. The molecule has 144 valence electrons. The number of rotatable bonds is 8. The molecule has 0 fully saturated rings. The van der Waals surface area contributed by atoms with E-state index in [4.69, 9.17) is 27.9 Å².